The number of aromatic nitrogens is 5. The lowest BCUT2D eigenvalue weighted by atomic mass is 10.1. The Morgan fingerprint density at radius 2 is 2.10 bits per heavy atom. The van der Waals surface area contributed by atoms with Crippen LogP contribution in [-0.4, -0.2) is 58.2 Å². The van der Waals surface area contributed by atoms with E-state index in [1.807, 2.05) is 26.0 Å². The molecular formula is C18H19N7O3S2. The van der Waals surface area contributed by atoms with E-state index in [1.165, 1.54) is 15.6 Å². The van der Waals surface area contributed by atoms with Crippen LogP contribution in [-0.2, 0) is 14.9 Å². The molecule has 0 bridgehead atoms. The van der Waals surface area contributed by atoms with E-state index in [0.717, 1.165) is 16.8 Å². The molecule has 0 amide bonds. The summed E-state index contributed by atoms with van der Waals surface area (Å²) in [5.41, 5.74) is 1.76. The maximum Gasteiger partial charge on any atom is 0.233 e. The Balaban J connectivity index is 1.77. The second kappa shape index (κ2) is 8.03. The highest BCUT2D eigenvalue weighted by atomic mass is 32.2. The number of oxime groups is 1. The van der Waals surface area contributed by atoms with E-state index in [0.29, 0.717) is 28.5 Å². The summed E-state index contributed by atoms with van der Waals surface area (Å²) in [6.07, 6.45) is 6.45. The van der Waals surface area contributed by atoms with Crippen molar-refractivity contribution in [3.8, 4) is 21.3 Å². The van der Waals surface area contributed by atoms with Gasteiger partial charge < -0.3 is 4.84 Å². The van der Waals surface area contributed by atoms with Gasteiger partial charge in [-0.15, -0.1) is 21.5 Å². The molecule has 4 heterocycles. The summed E-state index contributed by atoms with van der Waals surface area (Å²) < 4.78 is 25.6. The number of thiazole rings is 1. The zero-order chi connectivity index (χ0) is 21.3. The standard InChI is InChI=1S/C18H19N7O3S2/c1-11(2)28-24-13-6-8-25(30(3,26)27)17-15(13)21-16(22-23-17)14-10-20-18(29-14)12-5-4-7-19-9-12/h4-5,7,9-11H,6,8H2,1-3H3. The Hall–Kier alpha value is -2.99. The molecule has 4 rings (SSSR count). The fourth-order valence-corrected chi connectivity index (χ4v) is 4.49. The number of hydrogen-bond donors (Lipinski definition) is 0. The van der Waals surface area contributed by atoms with E-state index in [1.54, 1.807) is 18.6 Å². The molecule has 0 radical (unpaired) electrons. The van der Waals surface area contributed by atoms with E-state index < -0.39 is 10.0 Å². The van der Waals surface area contributed by atoms with Crippen LogP contribution in [0.3, 0.4) is 0 Å². The van der Waals surface area contributed by atoms with E-state index in [4.69, 9.17) is 4.84 Å². The SMILES string of the molecule is CC(C)ON=C1CCN(S(C)(=O)=O)c2nnc(-c3cnc(-c4cccnc4)s3)nc21. The molecule has 12 heteroatoms. The highest BCUT2D eigenvalue weighted by molar-refractivity contribution is 7.92. The largest absolute Gasteiger partial charge is 0.393 e. The van der Waals surface area contributed by atoms with Crippen LogP contribution in [0.25, 0.3) is 21.3 Å². The molecule has 0 N–H and O–H groups in total. The number of fused-ring (bicyclic) bond motifs is 1. The average molecular weight is 446 g/mol. The fourth-order valence-electron chi connectivity index (χ4n) is 2.80. The van der Waals surface area contributed by atoms with Crippen LogP contribution in [0, 0.1) is 0 Å². The normalized spacial score (nSPS) is 15.5. The average Bonchev–Trinajstić information content (AvgIpc) is 3.21. The molecular weight excluding hydrogens is 426 g/mol. The Labute approximate surface area is 177 Å². The van der Waals surface area contributed by atoms with Crippen LogP contribution in [0.2, 0.25) is 0 Å². The molecule has 0 saturated carbocycles. The van der Waals surface area contributed by atoms with Crippen molar-refractivity contribution in [3.63, 3.8) is 0 Å². The van der Waals surface area contributed by atoms with Crippen LogP contribution >= 0.6 is 11.3 Å². The van der Waals surface area contributed by atoms with Crippen LogP contribution in [0.1, 0.15) is 26.0 Å². The number of rotatable bonds is 5. The van der Waals surface area contributed by atoms with Gasteiger partial charge in [0, 0.05) is 37.1 Å². The van der Waals surface area contributed by atoms with Crippen LogP contribution in [0.15, 0.2) is 35.9 Å². The quantitative estimate of drug-likeness (QED) is 0.548. The maximum absolute atomic E-state index is 12.2. The first-order chi connectivity index (χ1) is 14.3. The molecule has 1 aliphatic rings. The van der Waals surface area contributed by atoms with Gasteiger partial charge in [-0.25, -0.2) is 18.4 Å². The van der Waals surface area contributed by atoms with Gasteiger partial charge in [-0.3, -0.25) is 9.29 Å². The summed E-state index contributed by atoms with van der Waals surface area (Å²) in [4.78, 5) is 19.2. The first kappa shape index (κ1) is 20.3. The molecule has 3 aromatic rings. The summed E-state index contributed by atoms with van der Waals surface area (Å²) in [6.45, 7) is 3.92. The maximum atomic E-state index is 12.2. The van der Waals surface area contributed by atoms with Gasteiger partial charge >= 0.3 is 0 Å². The molecule has 0 aliphatic carbocycles. The lowest BCUT2D eigenvalue weighted by molar-refractivity contribution is 0.0855. The van der Waals surface area contributed by atoms with Gasteiger partial charge in [-0.05, 0) is 26.0 Å². The summed E-state index contributed by atoms with van der Waals surface area (Å²) in [7, 11) is -3.53. The van der Waals surface area contributed by atoms with Crippen molar-refractivity contribution in [2.24, 2.45) is 5.16 Å². The molecule has 0 spiro atoms. The van der Waals surface area contributed by atoms with E-state index in [2.05, 4.69) is 30.3 Å². The first-order valence-corrected chi connectivity index (χ1v) is 11.8. The molecule has 0 aromatic carbocycles. The summed E-state index contributed by atoms with van der Waals surface area (Å²) in [5.74, 6) is 0.490. The van der Waals surface area contributed by atoms with Gasteiger partial charge in [-0.2, -0.15) is 0 Å². The minimum Gasteiger partial charge on any atom is -0.393 e. The molecule has 1 aliphatic heterocycles. The van der Waals surface area contributed by atoms with Crippen LogP contribution < -0.4 is 4.31 Å². The van der Waals surface area contributed by atoms with Crippen molar-refractivity contribution >= 4 is 32.9 Å². The third-order valence-electron chi connectivity index (χ3n) is 4.14. The Kier molecular flexibility index (Phi) is 5.43. The predicted molar refractivity (Wildman–Crippen MR) is 114 cm³/mol. The topological polar surface area (TPSA) is 123 Å². The Morgan fingerprint density at radius 3 is 2.80 bits per heavy atom. The van der Waals surface area contributed by atoms with Crippen molar-refractivity contribution in [3.05, 3.63) is 36.4 Å². The molecule has 10 nitrogen and oxygen atoms in total. The first-order valence-electron chi connectivity index (χ1n) is 9.15. The minimum atomic E-state index is -3.53. The summed E-state index contributed by atoms with van der Waals surface area (Å²) in [6, 6.07) is 3.75. The second-order valence-electron chi connectivity index (χ2n) is 6.86. The van der Waals surface area contributed by atoms with Gasteiger partial charge in [0.15, 0.2) is 11.6 Å². The molecule has 3 aromatic heterocycles. The van der Waals surface area contributed by atoms with E-state index in [-0.39, 0.29) is 18.5 Å². The number of pyridine rings is 1. The van der Waals surface area contributed by atoms with Crippen molar-refractivity contribution in [1.29, 1.82) is 0 Å². The smallest absolute Gasteiger partial charge is 0.233 e. The molecule has 0 atom stereocenters. The number of hydrogen-bond acceptors (Lipinski definition) is 10. The third kappa shape index (κ3) is 4.14. The zero-order valence-corrected chi connectivity index (χ0v) is 18.2. The van der Waals surface area contributed by atoms with E-state index >= 15 is 0 Å². The van der Waals surface area contributed by atoms with Gasteiger partial charge in [-0.1, -0.05) is 5.16 Å². The van der Waals surface area contributed by atoms with Gasteiger partial charge in [0.2, 0.25) is 10.0 Å². The lowest BCUT2D eigenvalue weighted by Crippen LogP contribution is -2.38. The number of nitrogens with zero attached hydrogens (tertiary/aromatic N) is 7. The van der Waals surface area contributed by atoms with Gasteiger partial charge in [0.05, 0.1) is 11.1 Å². The zero-order valence-electron chi connectivity index (χ0n) is 16.6. The van der Waals surface area contributed by atoms with Crippen molar-refractivity contribution in [2.75, 3.05) is 17.1 Å². The molecule has 0 unspecified atom stereocenters. The molecule has 0 fully saturated rings. The summed E-state index contributed by atoms with van der Waals surface area (Å²) in [5, 5.41) is 13.3. The second-order valence-corrected chi connectivity index (χ2v) is 9.79. The number of anilines is 1. The van der Waals surface area contributed by atoms with Crippen molar-refractivity contribution in [2.45, 2.75) is 26.4 Å². The monoisotopic (exact) mass is 445 g/mol. The van der Waals surface area contributed by atoms with Gasteiger partial charge in [0.1, 0.15) is 22.5 Å². The lowest BCUT2D eigenvalue weighted by Gasteiger charge is -2.27. The minimum absolute atomic E-state index is 0.119. The van der Waals surface area contributed by atoms with Gasteiger partial charge in [0.25, 0.3) is 0 Å². The number of sulfonamides is 1. The predicted octanol–water partition coefficient (Wildman–Crippen LogP) is 2.36. The molecule has 30 heavy (non-hydrogen) atoms. The highest BCUT2D eigenvalue weighted by Gasteiger charge is 2.32. The highest BCUT2D eigenvalue weighted by Crippen LogP contribution is 2.32. The third-order valence-corrected chi connectivity index (χ3v) is 6.34. The summed E-state index contributed by atoms with van der Waals surface area (Å²) >= 11 is 1.40. The van der Waals surface area contributed by atoms with E-state index in [9.17, 15) is 8.42 Å². The van der Waals surface area contributed by atoms with Crippen LogP contribution in [0.4, 0.5) is 5.82 Å². The van der Waals surface area contributed by atoms with Crippen LogP contribution in [0.5, 0.6) is 0 Å². The Bertz CT molecular complexity index is 1190. The molecule has 0 saturated heterocycles. The Morgan fingerprint density at radius 1 is 1.27 bits per heavy atom. The fraction of sp³-hybridized carbons (Fsp3) is 0.333. The van der Waals surface area contributed by atoms with Crippen molar-refractivity contribution < 1.29 is 13.3 Å². The van der Waals surface area contributed by atoms with Crippen molar-refractivity contribution in [1.82, 2.24) is 25.1 Å². The molecule has 156 valence electrons.